The van der Waals surface area contributed by atoms with Gasteiger partial charge in [-0.25, -0.2) is 0 Å². The van der Waals surface area contributed by atoms with E-state index < -0.39 is 5.66 Å². The summed E-state index contributed by atoms with van der Waals surface area (Å²) in [6.07, 6.45) is 2.46. The summed E-state index contributed by atoms with van der Waals surface area (Å²) >= 11 is 0. The second kappa shape index (κ2) is 5.02. The lowest BCUT2D eigenvalue weighted by Gasteiger charge is -2.27. The van der Waals surface area contributed by atoms with Crippen LogP contribution in [0.25, 0.3) is 10.9 Å². The van der Waals surface area contributed by atoms with Crippen molar-refractivity contribution in [2.75, 3.05) is 5.73 Å². The number of benzene rings is 2. The summed E-state index contributed by atoms with van der Waals surface area (Å²) in [6, 6.07) is 16.0. The maximum absolute atomic E-state index is 11.8. The topological polar surface area (TPSA) is 97.8 Å². The van der Waals surface area contributed by atoms with E-state index in [4.69, 9.17) is 16.7 Å². The molecule has 1 atom stereocenters. The number of nitrogen functional groups attached to an aromatic ring is 1. The van der Waals surface area contributed by atoms with Gasteiger partial charge in [-0.3, -0.25) is 10.5 Å². The van der Waals surface area contributed by atoms with E-state index >= 15 is 0 Å². The zero-order valence-corrected chi connectivity index (χ0v) is 11.7. The summed E-state index contributed by atoms with van der Waals surface area (Å²) in [5, 5.41) is 9.78. The molecule has 0 aliphatic heterocycles. The first-order valence-corrected chi connectivity index (χ1v) is 6.71. The van der Waals surface area contributed by atoms with Gasteiger partial charge < -0.3 is 10.3 Å². The molecule has 0 saturated heterocycles. The highest BCUT2D eigenvalue weighted by molar-refractivity contribution is 5.85. The largest absolute Gasteiger partial charge is 0.399 e. The first kappa shape index (κ1) is 13.9. The summed E-state index contributed by atoms with van der Waals surface area (Å²) in [5.41, 5.74) is 13.4. The molecule has 1 unspecified atom stereocenters. The lowest BCUT2D eigenvalue weighted by Crippen LogP contribution is -2.45. The van der Waals surface area contributed by atoms with E-state index in [-0.39, 0.29) is 0 Å². The quantitative estimate of drug-likeness (QED) is 0.569. The molecule has 0 spiro atoms. The Morgan fingerprint density at radius 1 is 1.14 bits per heavy atom. The van der Waals surface area contributed by atoms with E-state index in [0.717, 1.165) is 10.9 Å². The molecule has 2 aromatic carbocycles. The van der Waals surface area contributed by atoms with Gasteiger partial charge in [0.25, 0.3) is 0 Å². The highest BCUT2D eigenvalue weighted by Gasteiger charge is 2.30. The Morgan fingerprint density at radius 3 is 2.50 bits per heavy atom. The molecule has 0 saturated carbocycles. The van der Waals surface area contributed by atoms with E-state index in [0.29, 0.717) is 23.1 Å². The van der Waals surface area contributed by atoms with Crippen LogP contribution in [0.3, 0.4) is 0 Å². The Hall–Kier alpha value is -3.10. The van der Waals surface area contributed by atoms with Crippen LogP contribution in [0, 0.1) is 11.3 Å². The maximum atomic E-state index is 11.8. The van der Waals surface area contributed by atoms with Gasteiger partial charge in [0.1, 0.15) is 0 Å². The molecule has 3 rings (SSSR count). The van der Waals surface area contributed by atoms with Crippen LogP contribution in [0.2, 0.25) is 0 Å². The summed E-state index contributed by atoms with van der Waals surface area (Å²) in [6.45, 7) is 0. The smallest absolute Gasteiger partial charge is 0.176 e. The molecule has 4 N–H and O–H groups in total. The second-order valence-corrected chi connectivity index (χ2v) is 5.14. The fourth-order valence-electron chi connectivity index (χ4n) is 2.56. The summed E-state index contributed by atoms with van der Waals surface area (Å²) in [5.74, 6) is 0. The van der Waals surface area contributed by atoms with Gasteiger partial charge in [0.05, 0.1) is 17.1 Å². The SMILES string of the molecule is N#Cc1ccc(C(N)(C=O)n2ccc3cc(N)ccc32)cc1. The van der Waals surface area contributed by atoms with Gasteiger partial charge in [-0.05, 0) is 42.0 Å². The van der Waals surface area contributed by atoms with Gasteiger partial charge in [0.2, 0.25) is 0 Å². The molecule has 0 aliphatic carbocycles. The van der Waals surface area contributed by atoms with Gasteiger partial charge in [-0.1, -0.05) is 12.1 Å². The summed E-state index contributed by atoms with van der Waals surface area (Å²) < 4.78 is 1.70. The number of hydrogen-bond acceptors (Lipinski definition) is 4. The van der Waals surface area contributed by atoms with E-state index in [1.807, 2.05) is 24.3 Å². The van der Waals surface area contributed by atoms with Gasteiger partial charge in [0.15, 0.2) is 11.9 Å². The lowest BCUT2D eigenvalue weighted by molar-refractivity contribution is -0.113. The van der Waals surface area contributed by atoms with E-state index in [2.05, 4.69) is 0 Å². The molecule has 0 bridgehead atoms. The molecular weight excluding hydrogens is 276 g/mol. The number of hydrogen-bond donors (Lipinski definition) is 2. The molecule has 1 heterocycles. The number of nitrogens with two attached hydrogens (primary N) is 2. The second-order valence-electron chi connectivity index (χ2n) is 5.14. The number of aromatic nitrogens is 1. The highest BCUT2D eigenvalue weighted by Crippen LogP contribution is 2.27. The van der Waals surface area contributed by atoms with E-state index in [9.17, 15) is 4.79 Å². The Balaban J connectivity index is 2.19. The number of nitriles is 1. The predicted octanol–water partition coefficient (Wildman–Crippen LogP) is 1.95. The fraction of sp³-hybridized carbons (Fsp3) is 0.0588. The number of aldehydes is 1. The van der Waals surface area contributed by atoms with Gasteiger partial charge >= 0.3 is 0 Å². The van der Waals surface area contributed by atoms with Crippen molar-refractivity contribution in [2.45, 2.75) is 5.66 Å². The summed E-state index contributed by atoms with van der Waals surface area (Å²) in [7, 11) is 0. The normalized spacial score (nSPS) is 13.5. The summed E-state index contributed by atoms with van der Waals surface area (Å²) in [4.78, 5) is 11.8. The van der Waals surface area contributed by atoms with Crippen LogP contribution in [0.1, 0.15) is 11.1 Å². The molecule has 3 aromatic rings. The zero-order chi connectivity index (χ0) is 15.7. The number of fused-ring (bicyclic) bond motifs is 1. The van der Waals surface area contributed by atoms with Crippen LogP contribution in [0.5, 0.6) is 0 Å². The molecule has 5 nitrogen and oxygen atoms in total. The number of rotatable bonds is 3. The Bertz CT molecular complexity index is 889. The van der Waals surface area contributed by atoms with Crippen LogP contribution in [-0.4, -0.2) is 10.9 Å². The Morgan fingerprint density at radius 2 is 1.86 bits per heavy atom. The van der Waals surface area contributed by atoms with Gasteiger partial charge in [-0.2, -0.15) is 5.26 Å². The molecule has 108 valence electrons. The molecule has 0 aliphatic rings. The van der Waals surface area contributed by atoms with Crippen molar-refractivity contribution in [1.29, 1.82) is 5.26 Å². The minimum Gasteiger partial charge on any atom is -0.399 e. The molecule has 0 radical (unpaired) electrons. The van der Waals surface area contributed by atoms with Crippen LogP contribution in [0.15, 0.2) is 54.7 Å². The maximum Gasteiger partial charge on any atom is 0.176 e. The van der Waals surface area contributed by atoms with Crippen molar-refractivity contribution >= 4 is 22.9 Å². The monoisotopic (exact) mass is 290 g/mol. The van der Waals surface area contributed by atoms with Crippen LogP contribution < -0.4 is 11.5 Å². The number of carbonyl (C=O) groups excluding carboxylic acids is 1. The van der Waals surface area contributed by atoms with Gasteiger partial charge in [-0.15, -0.1) is 0 Å². The molecule has 1 aromatic heterocycles. The molecule has 0 amide bonds. The Kier molecular flexibility index (Phi) is 3.17. The first-order chi connectivity index (χ1) is 10.6. The standard InChI is InChI=1S/C17H14N4O/c18-10-12-1-3-14(4-2-12)17(20,11-22)21-8-7-13-9-15(19)5-6-16(13)21/h1-9,11H,19-20H2. The number of anilines is 1. The van der Waals surface area contributed by atoms with Crippen molar-refractivity contribution in [1.82, 2.24) is 4.57 Å². The average molecular weight is 290 g/mol. The van der Waals surface area contributed by atoms with Crippen molar-refractivity contribution in [3.05, 3.63) is 65.9 Å². The van der Waals surface area contributed by atoms with Crippen LogP contribution in [-0.2, 0) is 10.5 Å². The minimum atomic E-state index is -1.34. The first-order valence-electron chi connectivity index (χ1n) is 6.71. The van der Waals surface area contributed by atoms with E-state index in [1.165, 1.54) is 0 Å². The number of carbonyl (C=O) groups is 1. The third-order valence-electron chi connectivity index (χ3n) is 3.77. The van der Waals surface area contributed by atoms with Crippen molar-refractivity contribution in [3.8, 4) is 6.07 Å². The number of nitrogens with zero attached hydrogens (tertiary/aromatic N) is 2. The zero-order valence-electron chi connectivity index (χ0n) is 11.7. The molecule has 5 heteroatoms. The van der Waals surface area contributed by atoms with Gasteiger partial charge in [0, 0.05) is 17.3 Å². The molecule has 0 fully saturated rings. The third-order valence-corrected chi connectivity index (χ3v) is 3.77. The predicted molar refractivity (Wildman–Crippen MR) is 84.8 cm³/mol. The minimum absolute atomic E-state index is 0.516. The molecule has 22 heavy (non-hydrogen) atoms. The Labute approximate surface area is 127 Å². The van der Waals surface area contributed by atoms with Crippen molar-refractivity contribution < 1.29 is 4.79 Å². The van der Waals surface area contributed by atoms with Crippen LogP contribution in [0.4, 0.5) is 5.69 Å². The fourth-order valence-corrected chi connectivity index (χ4v) is 2.56. The highest BCUT2D eigenvalue weighted by atomic mass is 16.1. The third kappa shape index (κ3) is 2.03. The van der Waals surface area contributed by atoms with E-state index in [1.54, 1.807) is 41.1 Å². The van der Waals surface area contributed by atoms with Crippen molar-refractivity contribution in [3.63, 3.8) is 0 Å². The average Bonchev–Trinajstić information content (AvgIpc) is 2.97. The molecular formula is C17H14N4O. The van der Waals surface area contributed by atoms with Crippen LogP contribution >= 0.6 is 0 Å². The lowest BCUT2D eigenvalue weighted by atomic mass is 10.00. The van der Waals surface area contributed by atoms with Crippen molar-refractivity contribution in [2.24, 2.45) is 5.73 Å².